The lowest BCUT2D eigenvalue weighted by atomic mass is 9.94. The summed E-state index contributed by atoms with van der Waals surface area (Å²) in [5.41, 5.74) is 0. The monoisotopic (exact) mass is 297 g/mol. The van der Waals surface area contributed by atoms with E-state index in [-0.39, 0.29) is 11.8 Å². The molecular weight excluding hydrogens is 270 g/mol. The predicted octanol–water partition coefficient (Wildman–Crippen LogP) is 0.193. The number of carbonyl (C=O) groups excluding carboxylic acids is 1. The maximum atomic E-state index is 12.5. The second-order valence-electron chi connectivity index (χ2n) is 6.45. The van der Waals surface area contributed by atoms with E-state index in [2.05, 4.69) is 23.9 Å². The number of carboxylic acids is 1. The van der Waals surface area contributed by atoms with Crippen LogP contribution < -0.4 is 0 Å². The zero-order chi connectivity index (χ0) is 15.4. The van der Waals surface area contributed by atoms with Gasteiger partial charge in [0.05, 0.1) is 11.8 Å². The number of nitrogens with zero attached hydrogens (tertiary/aromatic N) is 3. The summed E-state index contributed by atoms with van der Waals surface area (Å²) in [7, 11) is 4.12. The van der Waals surface area contributed by atoms with E-state index in [1.165, 1.54) is 0 Å². The van der Waals surface area contributed by atoms with E-state index in [1.54, 1.807) is 0 Å². The van der Waals surface area contributed by atoms with Gasteiger partial charge in [0.15, 0.2) is 0 Å². The molecule has 0 spiro atoms. The minimum atomic E-state index is -0.810. The first-order valence-corrected chi connectivity index (χ1v) is 7.87. The summed E-state index contributed by atoms with van der Waals surface area (Å²) in [6.45, 7) is 5.30. The van der Waals surface area contributed by atoms with Gasteiger partial charge < -0.3 is 14.9 Å². The first kappa shape index (κ1) is 16.2. The number of carboxylic acid groups (broad SMARTS) is 1. The van der Waals surface area contributed by atoms with Gasteiger partial charge in [0, 0.05) is 39.3 Å². The molecule has 1 aliphatic carbocycles. The van der Waals surface area contributed by atoms with Crippen LogP contribution in [-0.4, -0.2) is 85.0 Å². The third-order valence-electron chi connectivity index (χ3n) is 4.70. The molecule has 0 bridgehead atoms. The van der Waals surface area contributed by atoms with Gasteiger partial charge in [-0.3, -0.25) is 14.5 Å². The maximum absolute atomic E-state index is 12.5. The van der Waals surface area contributed by atoms with Crippen LogP contribution in [0.1, 0.15) is 19.3 Å². The van der Waals surface area contributed by atoms with Crippen LogP contribution >= 0.6 is 0 Å². The Hall–Kier alpha value is -1.14. The normalized spacial score (nSPS) is 27.3. The largest absolute Gasteiger partial charge is 0.481 e. The van der Waals surface area contributed by atoms with Crippen molar-refractivity contribution in [3.63, 3.8) is 0 Å². The summed E-state index contributed by atoms with van der Waals surface area (Å²) in [5, 5.41) is 9.21. The van der Waals surface area contributed by atoms with Crippen molar-refractivity contribution in [3.8, 4) is 0 Å². The number of carbonyl (C=O) groups is 2. The number of hydrogen-bond donors (Lipinski definition) is 1. The molecule has 0 radical (unpaired) electrons. The number of piperazine rings is 1. The van der Waals surface area contributed by atoms with E-state index in [9.17, 15) is 14.7 Å². The Morgan fingerprint density at radius 1 is 1.10 bits per heavy atom. The number of aliphatic carboxylic acids is 1. The molecule has 0 aromatic heterocycles. The van der Waals surface area contributed by atoms with Gasteiger partial charge in [-0.25, -0.2) is 0 Å². The molecule has 0 aromatic rings. The Morgan fingerprint density at radius 2 is 1.71 bits per heavy atom. The van der Waals surface area contributed by atoms with Crippen LogP contribution in [0.4, 0.5) is 0 Å². The van der Waals surface area contributed by atoms with Crippen LogP contribution in [0.5, 0.6) is 0 Å². The Labute approximate surface area is 126 Å². The first-order valence-electron chi connectivity index (χ1n) is 7.87. The van der Waals surface area contributed by atoms with E-state index < -0.39 is 11.9 Å². The van der Waals surface area contributed by atoms with Crippen LogP contribution in [0, 0.1) is 11.8 Å². The second-order valence-corrected chi connectivity index (χ2v) is 6.45. The molecule has 1 heterocycles. The molecule has 2 rings (SSSR count). The molecule has 2 fully saturated rings. The molecule has 21 heavy (non-hydrogen) atoms. The minimum absolute atomic E-state index is 0.0622. The van der Waals surface area contributed by atoms with Crippen molar-refractivity contribution in [1.82, 2.24) is 14.7 Å². The Balaban J connectivity index is 1.81. The predicted molar refractivity (Wildman–Crippen MR) is 80.0 cm³/mol. The maximum Gasteiger partial charge on any atom is 0.307 e. The lowest BCUT2D eigenvalue weighted by Crippen LogP contribution is -2.52. The quantitative estimate of drug-likeness (QED) is 0.785. The summed E-state index contributed by atoms with van der Waals surface area (Å²) in [6, 6.07) is 0. The zero-order valence-electron chi connectivity index (χ0n) is 13.1. The standard InChI is InChI=1S/C15H27N3O3/c1-16(2)6-7-17-8-10-18(11-9-17)14(19)12-4-3-5-13(12)15(20)21/h12-13H,3-11H2,1-2H3,(H,20,21)/t12-,13+/m1/s1. The molecule has 6 nitrogen and oxygen atoms in total. The highest BCUT2D eigenvalue weighted by Gasteiger charge is 2.40. The molecule has 0 unspecified atom stereocenters. The highest BCUT2D eigenvalue weighted by Crippen LogP contribution is 2.33. The molecule has 1 N–H and O–H groups in total. The van der Waals surface area contributed by atoms with Gasteiger partial charge >= 0.3 is 5.97 Å². The average Bonchev–Trinajstić information content (AvgIpc) is 2.94. The van der Waals surface area contributed by atoms with E-state index in [0.717, 1.165) is 52.1 Å². The first-order chi connectivity index (χ1) is 9.99. The molecular formula is C15H27N3O3. The van der Waals surface area contributed by atoms with Gasteiger partial charge in [0.1, 0.15) is 0 Å². The summed E-state index contributed by atoms with van der Waals surface area (Å²) >= 11 is 0. The van der Waals surface area contributed by atoms with E-state index in [4.69, 9.17) is 0 Å². The van der Waals surface area contributed by atoms with Crippen molar-refractivity contribution >= 4 is 11.9 Å². The molecule has 2 atom stereocenters. The molecule has 6 heteroatoms. The molecule has 1 saturated carbocycles. The molecule has 0 aromatic carbocycles. The topological polar surface area (TPSA) is 64.1 Å². The Kier molecular flexibility index (Phi) is 5.58. The lowest BCUT2D eigenvalue weighted by Gasteiger charge is -2.36. The molecule has 2 aliphatic rings. The second kappa shape index (κ2) is 7.22. The SMILES string of the molecule is CN(C)CCN1CCN(C(=O)[C@@H]2CCC[C@@H]2C(=O)O)CC1. The van der Waals surface area contributed by atoms with Gasteiger partial charge in [-0.05, 0) is 26.9 Å². The third-order valence-corrected chi connectivity index (χ3v) is 4.70. The summed E-state index contributed by atoms with van der Waals surface area (Å²) in [4.78, 5) is 30.1. The summed E-state index contributed by atoms with van der Waals surface area (Å²) < 4.78 is 0. The van der Waals surface area contributed by atoms with Crippen molar-refractivity contribution in [2.24, 2.45) is 11.8 Å². The summed E-state index contributed by atoms with van der Waals surface area (Å²) in [6.07, 6.45) is 2.24. The van der Waals surface area contributed by atoms with Gasteiger partial charge in [-0.2, -0.15) is 0 Å². The van der Waals surface area contributed by atoms with Crippen molar-refractivity contribution in [1.29, 1.82) is 0 Å². The number of rotatable bonds is 5. The zero-order valence-corrected chi connectivity index (χ0v) is 13.1. The highest BCUT2D eigenvalue weighted by atomic mass is 16.4. The third kappa shape index (κ3) is 4.17. The molecule has 120 valence electrons. The Morgan fingerprint density at radius 3 is 2.29 bits per heavy atom. The minimum Gasteiger partial charge on any atom is -0.481 e. The van der Waals surface area contributed by atoms with Crippen LogP contribution in [0.15, 0.2) is 0 Å². The van der Waals surface area contributed by atoms with E-state index in [0.29, 0.717) is 6.42 Å². The van der Waals surface area contributed by atoms with Crippen molar-refractivity contribution in [2.45, 2.75) is 19.3 Å². The van der Waals surface area contributed by atoms with Crippen LogP contribution in [-0.2, 0) is 9.59 Å². The lowest BCUT2D eigenvalue weighted by molar-refractivity contribution is -0.149. The number of likely N-dealkylation sites (N-methyl/N-ethyl adjacent to an activating group) is 1. The fourth-order valence-electron chi connectivity index (χ4n) is 3.32. The molecule has 1 aliphatic heterocycles. The van der Waals surface area contributed by atoms with Gasteiger partial charge in [0.2, 0.25) is 5.91 Å². The number of hydrogen-bond acceptors (Lipinski definition) is 4. The fraction of sp³-hybridized carbons (Fsp3) is 0.867. The van der Waals surface area contributed by atoms with E-state index in [1.807, 2.05) is 4.90 Å². The smallest absolute Gasteiger partial charge is 0.307 e. The van der Waals surface area contributed by atoms with Crippen molar-refractivity contribution < 1.29 is 14.7 Å². The van der Waals surface area contributed by atoms with E-state index >= 15 is 0 Å². The molecule has 1 saturated heterocycles. The average molecular weight is 297 g/mol. The Bertz CT molecular complexity index is 378. The van der Waals surface area contributed by atoms with Crippen LogP contribution in [0.25, 0.3) is 0 Å². The van der Waals surface area contributed by atoms with Gasteiger partial charge in [0.25, 0.3) is 0 Å². The van der Waals surface area contributed by atoms with Crippen LogP contribution in [0.2, 0.25) is 0 Å². The highest BCUT2D eigenvalue weighted by molar-refractivity contribution is 5.85. The number of amides is 1. The van der Waals surface area contributed by atoms with Crippen LogP contribution in [0.3, 0.4) is 0 Å². The van der Waals surface area contributed by atoms with Crippen molar-refractivity contribution in [2.75, 3.05) is 53.4 Å². The molecule has 1 amide bonds. The van der Waals surface area contributed by atoms with Crippen molar-refractivity contribution in [3.05, 3.63) is 0 Å². The summed E-state index contributed by atoms with van der Waals surface area (Å²) in [5.74, 6) is -1.51. The van der Waals surface area contributed by atoms with Gasteiger partial charge in [-0.15, -0.1) is 0 Å². The fourth-order valence-corrected chi connectivity index (χ4v) is 3.32. The van der Waals surface area contributed by atoms with Gasteiger partial charge in [-0.1, -0.05) is 6.42 Å².